The molecule has 0 aliphatic heterocycles. The molecule has 0 saturated carbocycles. The van der Waals surface area contributed by atoms with Gasteiger partial charge in [0.15, 0.2) is 6.10 Å². The van der Waals surface area contributed by atoms with Crippen LogP contribution in [0.5, 0.6) is 5.75 Å². The average molecular weight is 351 g/mol. The fourth-order valence-corrected chi connectivity index (χ4v) is 2.39. The highest BCUT2D eigenvalue weighted by molar-refractivity contribution is 5.82. The van der Waals surface area contributed by atoms with Crippen molar-refractivity contribution in [2.24, 2.45) is 0 Å². The number of benzene rings is 2. The van der Waals surface area contributed by atoms with Crippen molar-refractivity contribution in [3.05, 3.63) is 65.2 Å². The fourth-order valence-electron chi connectivity index (χ4n) is 2.39. The first-order valence-corrected chi connectivity index (χ1v) is 7.59. The summed E-state index contributed by atoms with van der Waals surface area (Å²) in [4.78, 5) is 12.2. The van der Waals surface area contributed by atoms with Crippen molar-refractivity contribution >= 4 is 5.91 Å². The zero-order valence-electron chi connectivity index (χ0n) is 13.7. The van der Waals surface area contributed by atoms with E-state index in [0.29, 0.717) is 5.75 Å². The Balaban J connectivity index is 2.11. The van der Waals surface area contributed by atoms with Crippen LogP contribution >= 0.6 is 0 Å². The van der Waals surface area contributed by atoms with Crippen LogP contribution in [0.25, 0.3) is 0 Å². The van der Waals surface area contributed by atoms with Crippen LogP contribution < -0.4 is 10.1 Å². The summed E-state index contributed by atoms with van der Waals surface area (Å²) in [5.41, 5.74) is -0.248. The zero-order chi connectivity index (χ0) is 18.6. The first-order valence-electron chi connectivity index (χ1n) is 7.59. The number of carbonyl (C=O) groups excluding carboxylic acids is 1. The van der Waals surface area contributed by atoms with Gasteiger partial charge in [0.05, 0.1) is 18.7 Å². The van der Waals surface area contributed by atoms with E-state index in [1.54, 1.807) is 12.1 Å². The van der Waals surface area contributed by atoms with Crippen molar-refractivity contribution in [1.29, 1.82) is 0 Å². The number of hydrogen-bond acceptors (Lipinski definition) is 4. The molecule has 0 heterocycles. The maximum absolute atomic E-state index is 13.7. The number of carbonyl (C=O) groups is 1. The molecule has 25 heavy (non-hydrogen) atoms. The summed E-state index contributed by atoms with van der Waals surface area (Å²) < 4.78 is 32.5. The van der Waals surface area contributed by atoms with E-state index in [1.165, 1.54) is 32.2 Å². The summed E-state index contributed by atoms with van der Waals surface area (Å²) >= 11 is 0. The molecule has 3 N–H and O–H groups in total. The maximum Gasteiger partial charge on any atom is 0.253 e. The Hall–Kier alpha value is -2.51. The average Bonchev–Trinajstić information content (AvgIpc) is 2.60. The number of amides is 1. The van der Waals surface area contributed by atoms with E-state index >= 15 is 0 Å². The highest BCUT2D eigenvalue weighted by Gasteiger charge is 2.27. The molecule has 2 rings (SSSR count). The summed E-state index contributed by atoms with van der Waals surface area (Å²) in [6.45, 7) is 1.38. The molecule has 7 heteroatoms. The number of methoxy groups -OCH3 is 1. The number of hydrogen-bond donors (Lipinski definition) is 3. The summed E-state index contributed by atoms with van der Waals surface area (Å²) in [5.74, 6) is -2.17. The molecule has 3 atom stereocenters. The van der Waals surface area contributed by atoms with Crippen LogP contribution in [-0.4, -0.2) is 29.3 Å². The van der Waals surface area contributed by atoms with Gasteiger partial charge in [-0.2, -0.15) is 0 Å². The molecule has 0 bridgehead atoms. The monoisotopic (exact) mass is 351 g/mol. The van der Waals surface area contributed by atoms with Gasteiger partial charge >= 0.3 is 0 Å². The van der Waals surface area contributed by atoms with Gasteiger partial charge in [-0.15, -0.1) is 0 Å². The molecule has 1 amide bonds. The van der Waals surface area contributed by atoms with E-state index in [2.05, 4.69) is 5.32 Å². The van der Waals surface area contributed by atoms with Crippen LogP contribution in [0.2, 0.25) is 0 Å². The normalized spacial score (nSPS) is 14.5. The first kappa shape index (κ1) is 18.8. The third kappa shape index (κ3) is 4.32. The van der Waals surface area contributed by atoms with E-state index in [0.717, 1.165) is 12.1 Å². The van der Waals surface area contributed by atoms with Gasteiger partial charge in [-0.05, 0) is 36.8 Å². The minimum absolute atomic E-state index is 0.288. The van der Waals surface area contributed by atoms with Crippen LogP contribution in [0.4, 0.5) is 8.78 Å². The van der Waals surface area contributed by atoms with Gasteiger partial charge in [0.1, 0.15) is 23.5 Å². The number of aliphatic hydroxyl groups is 2. The Bertz CT molecular complexity index is 733. The van der Waals surface area contributed by atoms with E-state index in [1.807, 2.05) is 0 Å². The highest BCUT2D eigenvalue weighted by atomic mass is 19.1. The van der Waals surface area contributed by atoms with Crippen molar-refractivity contribution in [1.82, 2.24) is 5.32 Å². The van der Waals surface area contributed by atoms with E-state index in [4.69, 9.17) is 4.74 Å². The largest absolute Gasteiger partial charge is 0.497 e. The summed E-state index contributed by atoms with van der Waals surface area (Å²) in [5, 5.41) is 22.6. The molecule has 5 nitrogen and oxygen atoms in total. The zero-order valence-corrected chi connectivity index (χ0v) is 13.7. The topological polar surface area (TPSA) is 78.8 Å². The number of halogens is 2. The Morgan fingerprint density at radius 3 is 2.32 bits per heavy atom. The van der Waals surface area contributed by atoms with Crippen LogP contribution in [0.1, 0.15) is 30.3 Å². The van der Waals surface area contributed by atoms with Crippen molar-refractivity contribution in [2.75, 3.05) is 7.11 Å². The Kier molecular flexibility index (Phi) is 6.06. The van der Waals surface area contributed by atoms with E-state index < -0.39 is 41.4 Å². The van der Waals surface area contributed by atoms with Crippen LogP contribution in [-0.2, 0) is 4.79 Å². The predicted octanol–water partition coefficient (Wildman–Crippen LogP) is 2.25. The second kappa shape index (κ2) is 8.04. The molecule has 2 aromatic rings. The molecule has 0 radical (unpaired) electrons. The molecule has 0 saturated heterocycles. The number of ether oxygens (including phenoxy) is 1. The number of rotatable bonds is 6. The van der Waals surface area contributed by atoms with Crippen molar-refractivity contribution < 1.29 is 28.5 Å². The molecular weight excluding hydrogens is 332 g/mol. The fraction of sp³-hybridized carbons (Fsp3) is 0.278. The summed E-state index contributed by atoms with van der Waals surface area (Å²) in [7, 11) is 1.45. The van der Waals surface area contributed by atoms with Crippen LogP contribution in [0.3, 0.4) is 0 Å². The minimum atomic E-state index is -1.61. The highest BCUT2D eigenvalue weighted by Crippen LogP contribution is 2.24. The standard InChI is InChI=1S/C18H19F2NO4/c1-10(16(22)15-13(19)7-4-8-14(15)20)21-18(24)17(23)11-5-3-6-12(9-11)25-2/h3-10,16-17,22-23H,1-2H3,(H,21,24). The molecule has 0 aliphatic carbocycles. The van der Waals surface area contributed by atoms with E-state index in [-0.39, 0.29) is 5.56 Å². The quantitative estimate of drug-likeness (QED) is 0.746. The van der Waals surface area contributed by atoms with E-state index in [9.17, 15) is 23.8 Å². The van der Waals surface area contributed by atoms with Gasteiger partial charge in [0.2, 0.25) is 0 Å². The smallest absolute Gasteiger partial charge is 0.253 e. The number of nitrogens with one attached hydrogen (secondary N) is 1. The molecule has 0 aliphatic rings. The molecule has 0 aromatic heterocycles. The molecular formula is C18H19F2NO4. The molecule has 0 fully saturated rings. The summed E-state index contributed by atoms with van der Waals surface area (Å²) in [6.07, 6.45) is -3.13. The lowest BCUT2D eigenvalue weighted by Crippen LogP contribution is -2.40. The van der Waals surface area contributed by atoms with Crippen LogP contribution in [0.15, 0.2) is 42.5 Å². The van der Waals surface area contributed by atoms with Gasteiger partial charge < -0.3 is 20.3 Å². The SMILES string of the molecule is COc1cccc(C(O)C(=O)NC(C)C(O)c2c(F)cccc2F)c1. The Morgan fingerprint density at radius 1 is 1.12 bits per heavy atom. The van der Waals surface area contributed by atoms with Crippen molar-refractivity contribution in [3.8, 4) is 5.75 Å². The maximum atomic E-state index is 13.7. The predicted molar refractivity (Wildman–Crippen MR) is 86.9 cm³/mol. The molecule has 134 valence electrons. The Labute approximate surface area is 143 Å². The lowest BCUT2D eigenvalue weighted by atomic mass is 10.0. The summed E-state index contributed by atoms with van der Waals surface area (Å²) in [6, 6.07) is 8.46. The van der Waals surface area contributed by atoms with Crippen molar-refractivity contribution in [3.63, 3.8) is 0 Å². The Morgan fingerprint density at radius 2 is 1.72 bits per heavy atom. The van der Waals surface area contributed by atoms with Gasteiger partial charge in [-0.1, -0.05) is 18.2 Å². The second-order valence-electron chi connectivity index (χ2n) is 5.56. The van der Waals surface area contributed by atoms with Gasteiger partial charge in [0, 0.05) is 0 Å². The number of aliphatic hydroxyl groups excluding tert-OH is 2. The van der Waals surface area contributed by atoms with Gasteiger partial charge in [-0.25, -0.2) is 8.78 Å². The van der Waals surface area contributed by atoms with Crippen molar-refractivity contribution in [2.45, 2.75) is 25.2 Å². The minimum Gasteiger partial charge on any atom is -0.497 e. The van der Waals surface area contributed by atoms with Crippen LogP contribution in [0, 0.1) is 11.6 Å². The first-order chi connectivity index (χ1) is 11.8. The molecule has 0 spiro atoms. The van der Waals surface area contributed by atoms with Gasteiger partial charge in [0.25, 0.3) is 5.91 Å². The molecule has 2 aromatic carbocycles. The van der Waals surface area contributed by atoms with Gasteiger partial charge in [-0.3, -0.25) is 4.79 Å². The lowest BCUT2D eigenvalue weighted by Gasteiger charge is -2.23. The molecule has 3 unspecified atom stereocenters. The second-order valence-corrected chi connectivity index (χ2v) is 5.56. The lowest BCUT2D eigenvalue weighted by molar-refractivity contribution is -0.131. The third-order valence-corrected chi connectivity index (χ3v) is 3.80. The third-order valence-electron chi connectivity index (χ3n) is 3.80.